The van der Waals surface area contributed by atoms with Gasteiger partial charge < -0.3 is 19.9 Å². The molecular formula is C16H17NO4. The van der Waals surface area contributed by atoms with Crippen LogP contribution in [0.2, 0.25) is 0 Å². The number of anilines is 1. The van der Waals surface area contributed by atoms with E-state index in [1.54, 1.807) is 31.4 Å². The highest BCUT2D eigenvalue weighted by atomic mass is 16.5. The number of phenolic OH excluding ortho intramolecular Hbond substituents is 1. The molecule has 0 heterocycles. The highest BCUT2D eigenvalue weighted by Crippen LogP contribution is 2.27. The van der Waals surface area contributed by atoms with Crippen LogP contribution in [-0.4, -0.2) is 25.2 Å². The summed E-state index contributed by atoms with van der Waals surface area (Å²) in [6, 6.07) is 12.0. The summed E-state index contributed by atoms with van der Waals surface area (Å²) in [7, 11) is 3.10. The van der Waals surface area contributed by atoms with E-state index in [1.165, 1.54) is 13.2 Å². The molecule has 0 atom stereocenters. The normalized spacial score (nSPS) is 10.0. The summed E-state index contributed by atoms with van der Waals surface area (Å²) >= 11 is 0. The van der Waals surface area contributed by atoms with Gasteiger partial charge in [-0.05, 0) is 29.8 Å². The fourth-order valence-electron chi connectivity index (χ4n) is 1.87. The van der Waals surface area contributed by atoms with Crippen LogP contribution in [0.15, 0.2) is 42.5 Å². The number of carbonyl (C=O) groups excluding carboxylic acids is 1. The lowest BCUT2D eigenvalue weighted by Gasteiger charge is -2.09. The summed E-state index contributed by atoms with van der Waals surface area (Å²) in [6.07, 6.45) is 0.218. The molecule has 0 aromatic heterocycles. The summed E-state index contributed by atoms with van der Waals surface area (Å²) in [4.78, 5) is 12.0. The molecule has 0 aliphatic rings. The first-order chi connectivity index (χ1) is 10.1. The highest BCUT2D eigenvalue weighted by Gasteiger charge is 2.08. The van der Waals surface area contributed by atoms with Crippen LogP contribution in [0.5, 0.6) is 17.2 Å². The van der Waals surface area contributed by atoms with Crippen molar-refractivity contribution in [1.29, 1.82) is 0 Å². The van der Waals surface area contributed by atoms with Crippen molar-refractivity contribution in [2.24, 2.45) is 0 Å². The molecule has 0 radical (unpaired) electrons. The van der Waals surface area contributed by atoms with Gasteiger partial charge >= 0.3 is 0 Å². The van der Waals surface area contributed by atoms with Gasteiger partial charge in [-0.1, -0.05) is 12.1 Å². The van der Waals surface area contributed by atoms with Gasteiger partial charge in [-0.25, -0.2) is 0 Å². The van der Waals surface area contributed by atoms with Gasteiger partial charge in [0, 0.05) is 6.07 Å². The fourth-order valence-corrected chi connectivity index (χ4v) is 1.87. The van der Waals surface area contributed by atoms with E-state index in [1.807, 2.05) is 12.1 Å². The van der Waals surface area contributed by atoms with Crippen LogP contribution >= 0.6 is 0 Å². The van der Waals surface area contributed by atoms with Crippen molar-refractivity contribution < 1.29 is 19.4 Å². The first kappa shape index (κ1) is 14.7. The zero-order chi connectivity index (χ0) is 15.2. The van der Waals surface area contributed by atoms with Crippen molar-refractivity contribution in [3.63, 3.8) is 0 Å². The van der Waals surface area contributed by atoms with Gasteiger partial charge in [-0.3, -0.25) is 4.79 Å². The topological polar surface area (TPSA) is 67.8 Å². The van der Waals surface area contributed by atoms with Crippen LogP contribution in [0.4, 0.5) is 5.69 Å². The quantitative estimate of drug-likeness (QED) is 0.829. The van der Waals surface area contributed by atoms with Crippen molar-refractivity contribution in [1.82, 2.24) is 0 Å². The van der Waals surface area contributed by atoms with Crippen LogP contribution in [0, 0.1) is 0 Å². The fraction of sp³-hybridized carbons (Fsp3) is 0.188. The van der Waals surface area contributed by atoms with Crippen LogP contribution in [0.3, 0.4) is 0 Å². The number of aromatic hydroxyl groups is 1. The summed E-state index contributed by atoms with van der Waals surface area (Å²) in [5.41, 5.74) is 1.22. The zero-order valence-corrected chi connectivity index (χ0v) is 11.9. The van der Waals surface area contributed by atoms with Gasteiger partial charge in [0.05, 0.1) is 26.3 Å². The molecule has 1 amide bonds. The van der Waals surface area contributed by atoms with Crippen molar-refractivity contribution in [2.75, 3.05) is 19.5 Å². The van der Waals surface area contributed by atoms with Crippen LogP contribution in [0.25, 0.3) is 0 Å². The molecule has 0 saturated carbocycles. The number of methoxy groups -OCH3 is 2. The molecule has 21 heavy (non-hydrogen) atoms. The second-order valence-electron chi connectivity index (χ2n) is 4.46. The van der Waals surface area contributed by atoms with Gasteiger partial charge in [0.15, 0.2) is 0 Å². The summed E-state index contributed by atoms with van der Waals surface area (Å²) in [6.45, 7) is 0. The first-order valence-electron chi connectivity index (χ1n) is 6.42. The van der Waals surface area contributed by atoms with Crippen LogP contribution in [-0.2, 0) is 11.2 Å². The lowest BCUT2D eigenvalue weighted by atomic mass is 10.1. The predicted octanol–water partition coefficient (Wildman–Crippen LogP) is 2.59. The Morgan fingerprint density at radius 2 is 1.67 bits per heavy atom. The third-order valence-electron chi connectivity index (χ3n) is 3.00. The van der Waals surface area contributed by atoms with Crippen molar-refractivity contribution >= 4 is 11.6 Å². The number of amides is 1. The molecule has 0 aliphatic carbocycles. The number of phenols is 1. The molecule has 0 spiro atoms. The molecule has 0 aliphatic heterocycles. The van der Waals surface area contributed by atoms with E-state index in [2.05, 4.69) is 5.32 Å². The number of benzene rings is 2. The average Bonchev–Trinajstić information content (AvgIpc) is 2.50. The molecule has 2 N–H and O–H groups in total. The number of ether oxygens (including phenoxy) is 2. The van der Waals surface area contributed by atoms with Crippen molar-refractivity contribution in [2.45, 2.75) is 6.42 Å². The summed E-state index contributed by atoms with van der Waals surface area (Å²) in [5, 5.41) is 12.5. The third kappa shape index (κ3) is 3.89. The van der Waals surface area contributed by atoms with E-state index < -0.39 is 0 Å². The molecule has 0 saturated heterocycles. The Bertz CT molecular complexity index is 623. The predicted molar refractivity (Wildman–Crippen MR) is 80.0 cm³/mol. The monoisotopic (exact) mass is 287 g/mol. The number of hydrogen-bond acceptors (Lipinski definition) is 4. The van der Waals surface area contributed by atoms with Crippen LogP contribution in [0.1, 0.15) is 5.56 Å². The molecule has 0 fully saturated rings. The molecule has 0 bridgehead atoms. The Morgan fingerprint density at radius 3 is 2.24 bits per heavy atom. The Kier molecular flexibility index (Phi) is 4.66. The Balaban J connectivity index is 2.00. The Morgan fingerprint density at radius 1 is 1.05 bits per heavy atom. The van der Waals surface area contributed by atoms with E-state index in [-0.39, 0.29) is 18.1 Å². The number of nitrogens with one attached hydrogen (secondary N) is 1. The molecule has 2 aromatic carbocycles. The van der Waals surface area contributed by atoms with Gasteiger partial charge in [0.2, 0.25) is 5.91 Å². The summed E-state index contributed by atoms with van der Waals surface area (Å²) in [5.74, 6) is 1.03. The van der Waals surface area contributed by atoms with Crippen molar-refractivity contribution in [3.05, 3.63) is 48.0 Å². The van der Waals surface area contributed by atoms with Gasteiger partial charge in [-0.15, -0.1) is 0 Å². The SMILES string of the molecule is COc1ccc(CC(=O)Nc2ccc(OC)cc2O)cc1. The highest BCUT2D eigenvalue weighted by molar-refractivity contribution is 5.93. The lowest BCUT2D eigenvalue weighted by Crippen LogP contribution is -2.14. The smallest absolute Gasteiger partial charge is 0.228 e. The molecule has 0 unspecified atom stereocenters. The van der Waals surface area contributed by atoms with Gasteiger partial charge in [0.1, 0.15) is 17.2 Å². The number of rotatable bonds is 5. The van der Waals surface area contributed by atoms with E-state index in [9.17, 15) is 9.90 Å². The second-order valence-corrected chi connectivity index (χ2v) is 4.46. The maximum atomic E-state index is 12.0. The first-order valence-corrected chi connectivity index (χ1v) is 6.42. The molecule has 2 rings (SSSR count). The maximum Gasteiger partial charge on any atom is 0.228 e. The maximum absolute atomic E-state index is 12.0. The Hall–Kier alpha value is -2.69. The molecular weight excluding hydrogens is 270 g/mol. The van der Waals surface area contributed by atoms with Gasteiger partial charge in [-0.2, -0.15) is 0 Å². The molecule has 5 nitrogen and oxygen atoms in total. The van der Waals surface area contributed by atoms with E-state index >= 15 is 0 Å². The van der Waals surface area contributed by atoms with E-state index in [0.29, 0.717) is 11.4 Å². The molecule has 5 heteroatoms. The van der Waals surface area contributed by atoms with Gasteiger partial charge in [0.25, 0.3) is 0 Å². The standard InChI is InChI=1S/C16H17NO4/c1-20-12-5-3-11(4-6-12)9-16(19)17-14-8-7-13(21-2)10-15(14)18/h3-8,10,18H,9H2,1-2H3,(H,17,19). The van der Waals surface area contributed by atoms with Crippen molar-refractivity contribution in [3.8, 4) is 17.2 Å². The number of hydrogen-bond donors (Lipinski definition) is 2. The van der Waals surface area contributed by atoms with Crippen LogP contribution < -0.4 is 14.8 Å². The molecule has 2 aromatic rings. The minimum atomic E-state index is -0.208. The number of carbonyl (C=O) groups is 1. The average molecular weight is 287 g/mol. The minimum absolute atomic E-state index is 0.0302. The van der Waals surface area contributed by atoms with E-state index in [0.717, 1.165) is 11.3 Å². The summed E-state index contributed by atoms with van der Waals surface area (Å²) < 4.78 is 10.0. The van der Waals surface area contributed by atoms with E-state index in [4.69, 9.17) is 9.47 Å². The Labute approximate surface area is 123 Å². The minimum Gasteiger partial charge on any atom is -0.506 e. The molecule has 110 valence electrons. The second kappa shape index (κ2) is 6.65. The lowest BCUT2D eigenvalue weighted by molar-refractivity contribution is -0.115. The third-order valence-corrected chi connectivity index (χ3v) is 3.00. The zero-order valence-electron chi connectivity index (χ0n) is 11.9. The largest absolute Gasteiger partial charge is 0.506 e.